The Hall–Kier alpha value is -1.58. The molecule has 3 rings (SSSR count). The third-order valence-corrected chi connectivity index (χ3v) is 4.16. The topological polar surface area (TPSA) is 70.4 Å². The van der Waals surface area contributed by atoms with Crippen LogP contribution in [0.1, 0.15) is 32.7 Å². The van der Waals surface area contributed by atoms with Gasteiger partial charge in [0.15, 0.2) is 0 Å². The average molecular weight is 321 g/mol. The molecule has 0 fully saturated rings. The number of hydrogen-bond donors (Lipinski definition) is 0. The Kier molecular flexibility index (Phi) is 6.25. The zero-order valence-electron chi connectivity index (χ0n) is 14.4. The van der Waals surface area contributed by atoms with E-state index < -0.39 is 5.97 Å². The van der Waals surface area contributed by atoms with Crippen molar-refractivity contribution in [2.45, 2.75) is 26.1 Å². The summed E-state index contributed by atoms with van der Waals surface area (Å²) >= 11 is 0. The molecular formula is C17H20LiN3O3. The van der Waals surface area contributed by atoms with Crippen molar-refractivity contribution in [3.8, 4) is 0 Å². The van der Waals surface area contributed by atoms with E-state index in [4.69, 9.17) is 4.74 Å². The first-order chi connectivity index (χ1) is 11.1. The van der Waals surface area contributed by atoms with Gasteiger partial charge in [-0.15, -0.1) is 0 Å². The standard InChI is InChI=1S/C17H21N3O3.Li/c1-19-6-5-13-4-3-12(7-14(13)9-19)8-20-10-15(17(21)22)16(18-20)11-23-2;/h3-4,7,10H,5-6,8-9,11H2,1-2H3,(H,21,22);/q;+1/p-1. The second-order valence-electron chi connectivity index (χ2n) is 6.00. The van der Waals surface area contributed by atoms with Gasteiger partial charge in [0.05, 0.1) is 24.8 Å². The van der Waals surface area contributed by atoms with E-state index in [1.807, 2.05) is 0 Å². The van der Waals surface area contributed by atoms with Gasteiger partial charge in [0.2, 0.25) is 0 Å². The minimum absolute atomic E-state index is 0. The average Bonchev–Trinajstić information content (AvgIpc) is 2.90. The Bertz CT molecular complexity index is 730. The fourth-order valence-electron chi connectivity index (χ4n) is 2.99. The number of fused-ring (bicyclic) bond motifs is 1. The van der Waals surface area contributed by atoms with Crippen molar-refractivity contribution < 1.29 is 33.5 Å². The maximum atomic E-state index is 11.2. The van der Waals surface area contributed by atoms with E-state index in [0.717, 1.165) is 25.1 Å². The van der Waals surface area contributed by atoms with Gasteiger partial charge in [-0.2, -0.15) is 5.10 Å². The number of carboxylic acids is 1. The first-order valence-electron chi connectivity index (χ1n) is 7.62. The fourth-order valence-corrected chi connectivity index (χ4v) is 2.99. The number of carboxylic acid groups (broad SMARTS) is 1. The molecule has 7 heteroatoms. The van der Waals surface area contributed by atoms with Crippen LogP contribution in [0.15, 0.2) is 24.4 Å². The molecule has 0 spiro atoms. The number of rotatable bonds is 5. The third-order valence-electron chi connectivity index (χ3n) is 4.16. The molecule has 0 unspecified atom stereocenters. The van der Waals surface area contributed by atoms with Crippen molar-refractivity contribution in [3.05, 3.63) is 52.3 Å². The van der Waals surface area contributed by atoms with Crippen LogP contribution in [0.4, 0.5) is 0 Å². The second-order valence-corrected chi connectivity index (χ2v) is 6.00. The largest absolute Gasteiger partial charge is 1.00 e. The van der Waals surface area contributed by atoms with Crippen molar-refractivity contribution >= 4 is 5.97 Å². The Labute approximate surface area is 153 Å². The third kappa shape index (κ3) is 4.08. The molecular weight excluding hydrogens is 301 g/mol. The molecule has 6 nitrogen and oxygen atoms in total. The number of ether oxygens (including phenoxy) is 1. The van der Waals surface area contributed by atoms with E-state index in [1.165, 1.54) is 24.4 Å². The smallest absolute Gasteiger partial charge is 0.545 e. The summed E-state index contributed by atoms with van der Waals surface area (Å²) in [6.07, 6.45) is 2.58. The molecule has 2 heterocycles. The van der Waals surface area contributed by atoms with Gasteiger partial charge in [0, 0.05) is 32.0 Å². The van der Waals surface area contributed by atoms with Crippen LogP contribution in [0, 0.1) is 0 Å². The van der Waals surface area contributed by atoms with Gasteiger partial charge in [-0.3, -0.25) is 4.68 Å². The van der Waals surface area contributed by atoms with Gasteiger partial charge >= 0.3 is 18.9 Å². The normalized spacial score (nSPS) is 14.1. The van der Waals surface area contributed by atoms with Gasteiger partial charge in [-0.1, -0.05) is 18.2 Å². The van der Waals surface area contributed by atoms with E-state index in [-0.39, 0.29) is 31.0 Å². The number of carbonyl (C=O) groups excluding carboxylic acids is 1. The van der Waals surface area contributed by atoms with Gasteiger partial charge in [-0.05, 0) is 30.2 Å². The molecule has 1 aliphatic heterocycles. The van der Waals surface area contributed by atoms with Crippen LogP contribution >= 0.6 is 0 Å². The number of hydrogen-bond acceptors (Lipinski definition) is 5. The van der Waals surface area contributed by atoms with Crippen LogP contribution < -0.4 is 24.0 Å². The van der Waals surface area contributed by atoms with E-state index in [1.54, 1.807) is 4.68 Å². The van der Waals surface area contributed by atoms with Crippen molar-refractivity contribution in [3.63, 3.8) is 0 Å². The van der Waals surface area contributed by atoms with E-state index in [9.17, 15) is 9.90 Å². The van der Waals surface area contributed by atoms with Crippen LogP contribution in [0.2, 0.25) is 0 Å². The molecule has 1 aromatic heterocycles. The molecule has 0 radical (unpaired) electrons. The summed E-state index contributed by atoms with van der Waals surface area (Å²) in [7, 11) is 3.63. The summed E-state index contributed by atoms with van der Waals surface area (Å²) in [6, 6.07) is 6.43. The molecule has 0 saturated heterocycles. The van der Waals surface area contributed by atoms with Crippen LogP contribution in [0.25, 0.3) is 0 Å². The fraction of sp³-hybridized carbons (Fsp3) is 0.412. The molecule has 1 aromatic carbocycles. The van der Waals surface area contributed by atoms with Gasteiger partial charge in [-0.25, -0.2) is 0 Å². The number of benzene rings is 1. The number of likely N-dealkylation sites (N-methyl/N-ethyl adjacent to an activating group) is 1. The molecule has 0 N–H and O–H groups in total. The SMILES string of the molecule is COCc1nn(Cc2ccc3c(c2)CN(C)CC3)cc1C(=O)[O-].[Li+]. The van der Waals surface area contributed by atoms with Gasteiger partial charge in [0.1, 0.15) is 0 Å². The predicted octanol–water partition coefficient (Wildman–Crippen LogP) is -2.57. The summed E-state index contributed by atoms with van der Waals surface area (Å²) in [4.78, 5) is 13.5. The maximum Gasteiger partial charge on any atom is 1.00 e. The summed E-state index contributed by atoms with van der Waals surface area (Å²) < 4.78 is 6.63. The number of aromatic carboxylic acids is 1. The Morgan fingerprint density at radius 1 is 1.38 bits per heavy atom. The minimum Gasteiger partial charge on any atom is -0.545 e. The van der Waals surface area contributed by atoms with Crippen molar-refractivity contribution in [2.24, 2.45) is 0 Å². The van der Waals surface area contributed by atoms with Crippen molar-refractivity contribution in [1.29, 1.82) is 0 Å². The number of methoxy groups -OCH3 is 1. The van der Waals surface area contributed by atoms with Crippen molar-refractivity contribution in [2.75, 3.05) is 20.7 Å². The Balaban J connectivity index is 0.00000208. The number of carbonyl (C=O) groups is 1. The van der Waals surface area contributed by atoms with E-state index in [2.05, 4.69) is 35.2 Å². The van der Waals surface area contributed by atoms with Crippen LogP contribution in [0.5, 0.6) is 0 Å². The van der Waals surface area contributed by atoms with Gasteiger partial charge in [0.25, 0.3) is 0 Å². The number of aromatic nitrogens is 2. The zero-order valence-corrected chi connectivity index (χ0v) is 14.4. The van der Waals surface area contributed by atoms with E-state index >= 15 is 0 Å². The Morgan fingerprint density at radius 2 is 2.17 bits per heavy atom. The summed E-state index contributed by atoms with van der Waals surface area (Å²) in [5.74, 6) is -1.23. The second kappa shape index (κ2) is 8.00. The van der Waals surface area contributed by atoms with Crippen LogP contribution in [-0.4, -0.2) is 41.4 Å². The van der Waals surface area contributed by atoms with Crippen molar-refractivity contribution in [1.82, 2.24) is 14.7 Å². The van der Waals surface area contributed by atoms with Crippen LogP contribution in [-0.2, 0) is 30.9 Å². The Morgan fingerprint density at radius 3 is 2.88 bits per heavy atom. The molecule has 0 atom stereocenters. The summed E-state index contributed by atoms with van der Waals surface area (Å²) in [5.41, 5.74) is 4.31. The minimum atomic E-state index is -1.23. The van der Waals surface area contributed by atoms with Crippen LogP contribution in [0.3, 0.4) is 0 Å². The molecule has 0 bridgehead atoms. The molecule has 24 heavy (non-hydrogen) atoms. The monoisotopic (exact) mass is 321 g/mol. The van der Waals surface area contributed by atoms with E-state index in [0.29, 0.717) is 12.2 Å². The summed E-state index contributed by atoms with van der Waals surface area (Å²) in [5, 5.41) is 15.5. The first kappa shape index (κ1) is 18.8. The molecule has 1 aliphatic rings. The quantitative estimate of drug-likeness (QED) is 0.567. The molecule has 0 aliphatic carbocycles. The molecule has 0 amide bonds. The number of nitrogens with zero attached hydrogens (tertiary/aromatic N) is 3. The first-order valence-corrected chi connectivity index (χ1v) is 7.62. The summed E-state index contributed by atoms with van der Waals surface area (Å²) in [6.45, 7) is 2.72. The molecule has 0 saturated carbocycles. The zero-order chi connectivity index (χ0) is 16.4. The van der Waals surface area contributed by atoms with Gasteiger partial charge < -0.3 is 19.5 Å². The maximum absolute atomic E-state index is 11.2. The molecule has 2 aromatic rings. The molecule has 122 valence electrons. The predicted molar refractivity (Wildman–Crippen MR) is 82.9 cm³/mol.